The van der Waals surface area contributed by atoms with Crippen LogP contribution >= 0.6 is 0 Å². The van der Waals surface area contributed by atoms with Gasteiger partial charge in [-0.3, -0.25) is 0 Å². The molecule has 0 saturated carbocycles. The molecule has 0 spiro atoms. The molecule has 1 aliphatic rings. The molecule has 1 aromatic carbocycles. The van der Waals surface area contributed by atoms with Crippen molar-refractivity contribution in [3.63, 3.8) is 0 Å². The van der Waals surface area contributed by atoms with Gasteiger partial charge in [0.05, 0.1) is 12.1 Å². The van der Waals surface area contributed by atoms with E-state index in [1.165, 1.54) is 0 Å². The second-order valence-corrected chi connectivity index (χ2v) is 4.46. The summed E-state index contributed by atoms with van der Waals surface area (Å²) >= 11 is 0. The van der Waals surface area contributed by atoms with Gasteiger partial charge in [-0.05, 0) is 18.6 Å². The van der Waals surface area contributed by atoms with Crippen molar-refractivity contribution < 1.29 is 19.0 Å². The number of hydrogen-bond acceptors (Lipinski definition) is 6. The van der Waals surface area contributed by atoms with Crippen molar-refractivity contribution in [1.29, 1.82) is 0 Å². The lowest BCUT2D eigenvalue weighted by Gasteiger charge is -2.08. The second kappa shape index (κ2) is 4.88. The van der Waals surface area contributed by atoms with Gasteiger partial charge in [0, 0.05) is 11.5 Å². The first kappa shape index (κ1) is 12.5. The summed E-state index contributed by atoms with van der Waals surface area (Å²) in [6.07, 6.45) is 0.755. The van der Waals surface area contributed by atoms with Crippen molar-refractivity contribution in [3.8, 4) is 11.5 Å². The zero-order chi connectivity index (χ0) is 14.1. The maximum atomic E-state index is 11.9. The van der Waals surface area contributed by atoms with E-state index in [1.54, 1.807) is 18.2 Å². The molecule has 20 heavy (non-hydrogen) atoms. The average Bonchev–Trinajstić information content (AvgIpc) is 2.88. The molecule has 2 heterocycles. The number of anilines is 1. The van der Waals surface area contributed by atoms with Crippen molar-refractivity contribution in [2.45, 2.75) is 13.3 Å². The number of aromatic nitrogens is 1. The minimum absolute atomic E-state index is 0.150. The minimum atomic E-state index is -0.462. The van der Waals surface area contributed by atoms with Crippen LogP contribution in [0.25, 0.3) is 10.9 Å². The van der Waals surface area contributed by atoms with E-state index in [-0.39, 0.29) is 18.2 Å². The quantitative estimate of drug-likeness (QED) is 0.863. The molecule has 104 valence electrons. The molecule has 0 aliphatic carbocycles. The van der Waals surface area contributed by atoms with Crippen molar-refractivity contribution in [2.24, 2.45) is 0 Å². The third kappa shape index (κ3) is 2.09. The molecule has 6 heteroatoms. The van der Waals surface area contributed by atoms with Crippen LogP contribution in [0.3, 0.4) is 0 Å². The van der Waals surface area contributed by atoms with Crippen LogP contribution < -0.4 is 15.2 Å². The Morgan fingerprint density at radius 1 is 1.35 bits per heavy atom. The van der Waals surface area contributed by atoms with E-state index in [0.29, 0.717) is 23.6 Å². The summed E-state index contributed by atoms with van der Waals surface area (Å²) in [5.41, 5.74) is 6.74. The van der Waals surface area contributed by atoms with Gasteiger partial charge in [-0.15, -0.1) is 0 Å². The second-order valence-electron chi connectivity index (χ2n) is 4.46. The fourth-order valence-electron chi connectivity index (χ4n) is 2.01. The number of esters is 1. The molecule has 0 radical (unpaired) electrons. The van der Waals surface area contributed by atoms with Gasteiger partial charge >= 0.3 is 5.97 Å². The maximum Gasteiger partial charge on any atom is 0.341 e. The summed E-state index contributed by atoms with van der Waals surface area (Å²) in [5, 5.41) is 0.756. The Labute approximate surface area is 115 Å². The van der Waals surface area contributed by atoms with Gasteiger partial charge in [0.1, 0.15) is 11.4 Å². The monoisotopic (exact) mass is 274 g/mol. The number of nitrogens with two attached hydrogens (primary N) is 1. The Morgan fingerprint density at radius 3 is 2.85 bits per heavy atom. The SMILES string of the molecule is CCCOC(=O)c1cc2cc3c(cc2nc1N)OCO3. The fraction of sp³-hybridized carbons (Fsp3) is 0.286. The number of carbonyl (C=O) groups is 1. The van der Waals surface area contributed by atoms with Crippen molar-refractivity contribution in [1.82, 2.24) is 4.98 Å². The van der Waals surface area contributed by atoms with Crippen molar-refractivity contribution in [2.75, 3.05) is 19.1 Å². The van der Waals surface area contributed by atoms with Crippen LogP contribution in [0, 0.1) is 0 Å². The van der Waals surface area contributed by atoms with Crippen LogP contribution in [0.1, 0.15) is 23.7 Å². The molecule has 0 saturated heterocycles. The number of fused-ring (bicyclic) bond motifs is 2. The zero-order valence-electron chi connectivity index (χ0n) is 11.0. The largest absolute Gasteiger partial charge is 0.462 e. The molecule has 0 amide bonds. The molecule has 0 bridgehead atoms. The van der Waals surface area contributed by atoms with Crippen LogP contribution in [0.5, 0.6) is 11.5 Å². The van der Waals surface area contributed by atoms with Crippen LogP contribution in [-0.4, -0.2) is 24.4 Å². The normalized spacial score (nSPS) is 12.7. The molecular formula is C14H14N2O4. The standard InChI is InChI=1S/C14H14N2O4/c1-2-3-18-14(17)9-4-8-5-11-12(20-7-19-11)6-10(8)16-13(9)15/h4-6H,2-3,7H2,1H3,(H2,15,16). The first-order valence-electron chi connectivity index (χ1n) is 6.36. The molecular weight excluding hydrogens is 260 g/mol. The summed E-state index contributed by atoms with van der Waals surface area (Å²) < 4.78 is 15.7. The fourth-order valence-corrected chi connectivity index (χ4v) is 2.01. The lowest BCUT2D eigenvalue weighted by Crippen LogP contribution is -2.10. The Bertz CT molecular complexity index is 684. The molecule has 2 aromatic rings. The molecule has 1 aliphatic heterocycles. The summed E-state index contributed by atoms with van der Waals surface area (Å²) in [5.74, 6) is 0.955. The van der Waals surface area contributed by atoms with E-state index in [9.17, 15) is 4.79 Å². The number of benzene rings is 1. The number of pyridine rings is 1. The van der Waals surface area contributed by atoms with E-state index in [4.69, 9.17) is 19.9 Å². The topological polar surface area (TPSA) is 83.7 Å². The van der Waals surface area contributed by atoms with Gasteiger partial charge in [0.25, 0.3) is 0 Å². The van der Waals surface area contributed by atoms with E-state index < -0.39 is 5.97 Å². The lowest BCUT2D eigenvalue weighted by molar-refractivity contribution is 0.0506. The summed E-state index contributed by atoms with van der Waals surface area (Å²) in [4.78, 5) is 16.1. The van der Waals surface area contributed by atoms with Crippen LogP contribution in [-0.2, 0) is 4.74 Å². The van der Waals surface area contributed by atoms with E-state index in [2.05, 4.69) is 4.98 Å². The molecule has 1 aromatic heterocycles. The number of rotatable bonds is 3. The first-order valence-corrected chi connectivity index (χ1v) is 6.36. The highest BCUT2D eigenvalue weighted by molar-refractivity contribution is 5.99. The van der Waals surface area contributed by atoms with E-state index in [0.717, 1.165) is 11.8 Å². The Kier molecular flexibility index (Phi) is 3.06. The van der Waals surface area contributed by atoms with Gasteiger partial charge in [-0.1, -0.05) is 6.92 Å². The number of carbonyl (C=O) groups excluding carboxylic acids is 1. The van der Waals surface area contributed by atoms with Gasteiger partial charge in [0.15, 0.2) is 11.5 Å². The first-order chi connectivity index (χ1) is 9.69. The Balaban J connectivity index is 2.04. The minimum Gasteiger partial charge on any atom is -0.462 e. The molecule has 0 fully saturated rings. The highest BCUT2D eigenvalue weighted by atomic mass is 16.7. The van der Waals surface area contributed by atoms with Crippen LogP contribution in [0.15, 0.2) is 18.2 Å². The number of nitrogen functional groups attached to an aromatic ring is 1. The molecule has 0 atom stereocenters. The summed E-state index contributed by atoms with van der Waals surface area (Å²) in [7, 11) is 0. The van der Waals surface area contributed by atoms with Gasteiger partial charge < -0.3 is 19.9 Å². The Hall–Kier alpha value is -2.50. The smallest absolute Gasteiger partial charge is 0.341 e. The van der Waals surface area contributed by atoms with Gasteiger partial charge in [-0.2, -0.15) is 0 Å². The Morgan fingerprint density at radius 2 is 2.10 bits per heavy atom. The van der Waals surface area contributed by atoms with Crippen molar-refractivity contribution in [3.05, 3.63) is 23.8 Å². The molecule has 3 rings (SSSR count). The number of ether oxygens (including phenoxy) is 3. The summed E-state index contributed by atoms with van der Waals surface area (Å²) in [6, 6.07) is 5.19. The van der Waals surface area contributed by atoms with Gasteiger partial charge in [0.2, 0.25) is 6.79 Å². The number of hydrogen-bond donors (Lipinski definition) is 1. The van der Waals surface area contributed by atoms with Crippen molar-refractivity contribution >= 4 is 22.7 Å². The number of nitrogens with zero attached hydrogens (tertiary/aromatic N) is 1. The lowest BCUT2D eigenvalue weighted by atomic mass is 10.1. The third-order valence-electron chi connectivity index (χ3n) is 3.00. The van der Waals surface area contributed by atoms with E-state index in [1.807, 2.05) is 6.92 Å². The predicted octanol–water partition coefficient (Wildman–Crippen LogP) is 2.11. The summed E-state index contributed by atoms with van der Waals surface area (Å²) in [6.45, 7) is 2.47. The highest BCUT2D eigenvalue weighted by Gasteiger charge is 2.18. The van der Waals surface area contributed by atoms with Gasteiger partial charge in [-0.25, -0.2) is 9.78 Å². The van der Waals surface area contributed by atoms with Crippen LogP contribution in [0.2, 0.25) is 0 Å². The third-order valence-corrected chi connectivity index (χ3v) is 3.00. The molecule has 6 nitrogen and oxygen atoms in total. The van der Waals surface area contributed by atoms with Crippen LogP contribution in [0.4, 0.5) is 5.82 Å². The molecule has 2 N–H and O–H groups in total. The zero-order valence-corrected chi connectivity index (χ0v) is 11.0. The average molecular weight is 274 g/mol. The highest BCUT2D eigenvalue weighted by Crippen LogP contribution is 2.36. The van der Waals surface area contributed by atoms with E-state index >= 15 is 0 Å². The molecule has 0 unspecified atom stereocenters. The predicted molar refractivity (Wildman–Crippen MR) is 72.9 cm³/mol. The maximum absolute atomic E-state index is 11.9.